The highest BCUT2D eigenvalue weighted by molar-refractivity contribution is 6.26. The third-order valence-corrected chi connectivity index (χ3v) is 9.98. The highest BCUT2D eigenvalue weighted by atomic mass is 15.1. The number of hydrogen-bond acceptors (Lipinski definition) is 1. The van der Waals surface area contributed by atoms with Gasteiger partial charge in [-0.05, 0) is 84.0 Å². The molecule has 0 saturated heterocycles. The normalized spacial score (nSPS) is 11.7. The largest absolute Gasteiger partial charge is 0.292 e. The molecule has 0 aliphatic heterocycles. The number of para-hydroxylation sites is 3. The SMILES string of the molecule is c1ccc(-c2nc3ccccc3n2-c2ccccc2-c2c3ccccc3c(-c3cc4ccccc4c4ccccc34)c3ccccc23)cc1. The second-order valence-corrected chi connectivity index (χ2v) is 12.7. The molecule has 0 radical (unpaired) electrons. The Morgan fingerprint density at radius 2 is 0.878 bits per heavy atom. The fraction of sp³-hybridized carbons (Fsp3) is 0. The molecule has 0 amide bonds. The molecule has 0 fully saturated rings. The van der Waals surface area contributed by atoms with Gasteiger partial charge in [0.05, 0.1) is 16.7 Å². The Labute approximate surface area is 284 Å². The summed E-state index contributed by atoms with van der Waals surface area (Å²) in [5.41, 5.74) is 9.18. The van der Waals surface area contributed by atoms with Crippen molar-refractivity contribution in [2.24, 2.45) is 0 Å². The highest BCUT2D eigenvalue weighted by Crippen LogP contribution is 2.48. The van der Waals surface area contributed by atoms with Crippen LogP contribution >= 0.6 is 0 Å². The molecule has 49 heavy (non-hydrogen) atoms. The van der Waals surface area contributed by atoms with Crippen LogP contribution in [0.15, 0.2) is 182 Å². The molecule has 2 nitrogen and oxygen atoms in total. The monoisotopic (exact) mass is 622 g/mol. The first-order valence-electron chi connectivity index (χ1n) is 16.8. The molecule has 0 aliphatic rings. The van der Waals surface area contributed by atoms with E-state index in [2.05, 4.69) is 187 Å². The zero-order valence-corrected chi connectivity index (χ0v) is 26.7. The van der Waals surface area contributed by atoms with Gasteiger partial charge >= 0.3 is 0 Å². The minimum absolute atomic E-state index is 0.933. The van der Waals surface area contributed by atoms with E-state index in [-0.39, 0.29) is 0 Å². The van der Waals surface area contributed by atoms with Gasteiger partial charge in [0.1, 0.15) is 5.82 Å². The van der Waals surface area contributed by atoms with Crippen LogP contribution < -0.4 is 0 Å². The van der Waals surface area contributed by atoms with E-state index in [4.69, 9.17) is 4.98 Å². The van der Waals surface area contributed by atoms with Gasteiger partial charge in [-0.3, -0.25) is 4.57 Å². The number of hydrogen-bond donors (Lipinski definition) is 0. The second-order valence-electron chi connectivity index (χ2n) is 12.7. The highest BCUT2D eigenvalue weighted by Gasteiger charge is 2.22. The Bertz CT molecular complexity index is 2820. The van der Waals surface area contributed by atoms with Crippen molar-refractivity contribution in [1.29, 1.82) is 0 Å². The first kappa shape index (κ1) is 27.6. The van der Waals surface area contributed by atoms with Crippen LogP contribution in [-0.4, -0.2) is 9.55 Å². The summed E-state index contributed by atoms with van der Waals surface area (Å²) in [7, 11) is 0. The number of rotatable bonds is 4. The summed E-state index contributed by atoms with van der Waals surface area (Å²) in [5, 5.41) is 10.0. The molecule has 0 atom stereocenters. The van der Waals surface area contributed by atoms with Crippen LogP contribution in [0.25, 0.3) is 93.5 Å². The number of fused-ring (bicyclic) bond motifs is 6. The quantitative estimate of drug-likeness (QED) is 0.141. The lowest BCUT2D eigenvalue weighted by molar-refractivity contribution is 1.10. The number of imidazole rings is 1. The molecule has 1 aromatic heterocycles. The first-order chi connectivity index (χ1) is 24.3. The van der Waals surface area contributed by atoms with E-state index in [1.54, 1.807) is 0 Å². The summed E-state index contributed by atoms with van der Waals surface area (Å²) in [5.74, 6) is 0.933. The Hall–Kier alpha value is -6.51. The first-order valence-corrected chi connectivity index (χ1v) is 16.8. The average Bonchev–Trinajstić information content (AvgIpc) is 3.57. The van der Waals surface area contributed by atoms with E-state index in [9.17, 15) is 0 Å². The van der Waals surface area contributed by atoms with E-state index in [0.717, 1.165) is 28.1 Å². The maximum absolute atomic E-state index is 5.19. The molecule has 10 aromatic rings. The van der Waals surface area contributed by atoms with E-state index < -0.39 is 0 Å². The summed E-state index contributed by atoms with van der Waals surface area (Å²) in [6.45, 7) is 0. The summed E-state index contributed by atoms with van der Waals surface area (Å²) in [4.78, 5) is 5.19. The van der Waals surface area contributed by atoms with Crippen molar-refractivity contribution < 1.29 is 0 Å². The smallest absolute Gasteiger partial charge is 0.145 e. The predicted molar refractivity (Wildman–Crippen MR) is 207 cm³/mol. The van der Waals surface area contributed by atoms with Gasteiger partial charge < -0.3 is 0 Å². The van der Waals surface area contributed by atoms with E-state index in [1.807, 2.05) is 0 Å². The Morgan fingerprint density at radius 3 is 1.59 bits per heavy atom. The Kier molecular flexibility index (Phi) is 6.22. The van der Waals surface area contributed by atoms with Crippen molar-refractivity contribution in [2.75, 3.05) is 0 Å². The minimum atomic E-state index is 0.933. The third kappa shape index (κ3) is 4.24. The molecule has 0 unspecified atom stereocenters. The van der Waals surface area contributed by atoms with Gasteiger partial charge in [-0.15, -0.1) is 0 Å². The maximum Gasteiger partial charge on any atom is 0.145 e. The maximum atomic E-state index is 5.19. The molecule has 9 aromatic carbocycles. The van der Waals surface area contributed by atoms with E-state index >= 15 is 0 Å². The molecule has 0 spiro atoms. The summed E-state index contributed by atoms with van der Waals surface area (Å²) in [6.07, 6.45) is 0. The van der Waals surface area contributed by atoms with Crippen LogP contribution in [-0.2, 0) is 0 Å². The standard InChI is InChI=1S/C47H30N2/c1-2-16-31(17-3-1)47-48-42-27-13-15-29-44(42)49(47)43-28-14-12-26-40(43)45-36-22-8-10-24-38(36)46(39-25-11-9-23-37(39)45)41-30-32-18-4-5-19-33(32)34-20-6-7-21-35(34)41/h1-30H. The van der Waals surface area contributed by atoms with E-state index in [1.165, 1.54) is 65.3 Å². The van der Waals surface area contributed by atoms with Gasteiger partial charge in [0, 0.05) is 11.1 Å². The molecule has 1 heterocycles. The summed E-state index contributed by atoms with van der Waals surface area (Å²) < 4.78 is 2.34. The topological polar surface area (TPSA) is 17.8 Å². The zero-order valence-electron chi connectivity index (χ0n) is 26.7. The average molecular weight is 623 g/mol. The predicted octanol–water partition coefficient (Wildman–Crippen LogP) is 12.6. The van der Waals surface area contributed by atoms with Gasteiger partial charge in [-0.2, -0.15) is 0 Å². The molecular weight excluding hydrogens is 593 g/mol. The van der Waals surface area contributed by atoms with Gasteiger partial charge in [-0.1, -0.05) is 158 Å². The number of benzene rings is 9. The Balaban J connectivity index is 1.34. The fourth-order valence-electron chi connectivity index (χ4n) is 7.90. The van der Waals surface area contributed by atoms with Crippen LogP contribution in [0, 0.1) is 0 Å². The molecule has 2 heteroatoms. The van der Waals surface area contributed by atoms with Crippen molar-refractivity contribution in [1.82, 2.24) is 9.55 Å². The zero-order chi connectivity index (χ0) is 32.3. The molecule has 0 N–H and O–H groups in total. The molecule has 228 valence electrons. The lowest BCUT2D eigenvalue weighted by atomic mass is 9.83. The summed E-state index contributed by atoms with van der Waals surface area (Å²) in [6, 6.07) is 65.7. The van der Waals surface area contributed by atoms with Crippen molar-refractivity contribution in [3.63, 3.8) is 0 Å². The lowest BCUT2D eigenvalue weighted by Gasteiger charge is -2.21. The molecular formula is C47H30N2. The van der Waals surface area contributed by atoms with Gasteiger partial charge in [0.15, 0.2) is 0 Å². The van der Waals surface area contributed by atoms with Crippen molar-refractivity contribution in [3.8, 4) is 39.3 Å². The molecule has 0 bridgehead atoms. The van der Waals surface area contributed by atoms with Gasteiger partial charge in [-0.25, -0.2) is 4.98 Å². The van der Waals surface area contributed by atoms with Crippen molar-refractivity contribution in [2.45, 2.75) is 0 Å². The van der Waals surface area contributed by atoms with Gasteiger partial charge in [0.25, 0.3) is 0 Å². The van der Waals surface area contributed by atoms with E-state index in [0.29, 0.717) is 0 Å². The van der Waals surface area contributed by atoms with Crippen molar-refractivity contribution >= 4 is 54.1 Å². The van der Waals surface area contributed by atoms with Crippen LogP contribution in [0.3, 0.4) is 0 Å². The summed E-state index contributed by atoms with van der Waals surface area (Å²) >= 11 is 0. The number of nitrogens with zero attached hydrogens (tertiary/aromatic N) is 2. The van der Waals surface area contributed by atoms with Crippen LogP contribution in [0.2, 0.25) is 0 Å². The van der Waals surface area contributed by atoms with Crippen LogP contribution in [0.5, 0.6) is 0 Å². The third-order valence-electron chi connectivity index (χ3n) is 9.98. The lowest BCUT2D eigenvalue weighted by Crippen LogP contribution is -2.01. The Morgan fingerprint density at radius 1 is 0.367 bits per heavy atom. The minimum Gasteiger partial charge on any atom is -0.292 e. The van der Waals surface area contributed by atoms with Crippen LogP contribution in [0.1, 0.15) is 0 Å². The molecule has 0 saturated carbocycles. The van der Waals surface area contributed by atoms with Crippen molar-refractivity contribution in [3.05, 3.63) is 182 Å². The molecule has 0 aliphatic carbocycles. The fourth-order valence-corrected chi connectivity index (χ4v) is 7.90. The second kappa shape index (κ2) is 11.0. The molecule has 10 rings (SSSR count). The number of aromatic nitrogens is 2. The van der Waals surface area contributed by atoms with Gasteiger partial charge in [0.2, 0.25) is 0 Å². The van der Waals surface area contributed by atoms with Crippen LogP contribution in [0.4, 0.5) is 0 Å².